The monoisotopic (exact) mass is 379 g/mol. The second-order valence-corrected chi connectivity index (χ2v) is 7.56. The van der Waals surface area contributed by atoms with Crippen LogP contribution in [0.4, 0.5) is 5.69 Å². The number of carbonyl (C=O) groups excluding carboxylic acids is 3. The molecule has 2 N–H and O–H groups in total. The van der Waals surface area contributed by atoms with Gasteiger partial charge in [0.15, 0.2) is 5.12 Å². The Labute approximate surface area is 154 Å². The van der Waals surface area contributed by atoms with Crippen LogP contribution in [0, 0.1) is 0 Å². The summed E-state index contributed by atoms with van der Waals surface area (Å²) in [6.07, 6.45) is 2.90. The smallest absolute Gasteiger partial charge is 0.230 e. The molecular formula is C17H21N3O3S2. The van der Waals surface area contributed by atoms with Gasteiger partial charge in [-0.1, -0.05) is 18.2 Å². The predicted molar refractivity (Wildman–Crippen MR) is 103 cm³/mol. The number of hydrogen-bond donors (Lipinski definition) is 2. The fraction of sp³-hybridized carbons (Fsp3) is 0.412. The van der Waals surface area contributed by atoms with Crippen LogP contribution in [0.3, 0.4) is 0 Å². The third kappa shape index (κ3) is 7.23. The molecule has 0 atom stereocenters. The Morgan fingerprint density at radius 1 is 1.16 bits per heavy atom. The number of nitrogens with zero attached hydrogens (tertiary/aromatic N) is 1. The van der Waals surface area contributed by atoms with E-state index in [1.54, 1.807) is 16.8 Å². The summed E-state index contributed by atoms with van der Waals surface area (Å²) in [5, 5.41) is 5.60. The summed E-state index contributed by atoms with van der Waals surface area (Å²) in [6, 6.07) is 5.68. The summed E-state index contributed by atoms with van der Waals surface area (Å²) < 4.78 is 1.05. The first-order valence-corrected chi connectivity index (χ1v) is 9.94. The highest BCUT2D eigenvalue weighted by Crippen LogP contribution is 2.22. The molecule has 0 aliphatic heterocycles. The van der Waals surface area contributed by atoms with Crippen molar-refractivity contribution < 1.29 is 14.4 Å². The highest BCUT2D eigenvalue weighted by Gasteiger charge is 2.05. The van der Waals surface area contributed by atoms with Gasteiger partial charge < -0.3 is 10.6 Å². The van der Waals surface area contributed by atoms with E-state index in [2.05, 4.69) is 15.6 Å². The molecule has 0 unspecified atom stereocenters. The lowest BCUT2D eigenvalue weighted by molar-refractivity contribution is -0.119. The number of amides is 2. The van der Waals surface area contributed by atoms with Crippen molar-refractivity contribution in [2.45, 2.75) is 32.6 Å². The lowest BCUT2D eigenvalue weighted by Gasteiger charge is -2.06. The Morgan fingerprint density at radius 3 is 2.80 bits per heavy atom. The summed E-state index contributed by atoms with van der Waals surface area (Å²) in [6.45, 7) is 2.01. The lowest BCUT2D eigenvalue weighted by atomic mass is 10.2. The summed E-state index contributed by atoms with van der Waals surface area (Å²) in [4.78, 5) is 38.3. The molecule has 0 aliphatic carbocycles. The van der Waals surface area contributed by atoms with Gasteiger partial charge in [0.1, 0.15) is 0 Å². The van der Waals surface area contributed by atoms with Crippen molar-refractivity contribution in [1.82, 2.24) is 10.3 Å². The average molecular weight is 380 g/mol. The maximum Gasteiger partial charge on any atom is 0.230 e. The highest BCUT2D eigenvalue weighted by atomic mass is 32.2. The fourth-order valence-corrected chi connectivity index (χ4v) is 3.34. The molecule has 1 aromatic heterocycles. The minimum Gasteiger partial charge on any atom is -0.355 e. The minimum absolute atomic E-state index is 0.00856. The van der Waals surface area contributed by atoms with E-state index in [9.17, 15) is 14.4 Å². The molecule has 2 rings (SSSR count). The number of nitrogens with one attached hydrogen (secondary N) is 2. The van der Waals surface area contributed by atoms with E-state index < -0.39 is 0 Å². The Morgan fingerprint density at radius 2 is 2.00 bits per heavy atom. The molecule has 25 heavy (non-hydrogen) atoms. The van der Waals surface area contributed by atoms with Gasteiger partial charge in [0.05, 0.1) is 21.5 Å². The van der Waals surface area contributed by atoms with Crippen LogP contribution in [-0.4, -0.2) is 34.2 Å². The summed E-state index contributed by atoms with van der Waals surface area (Å²) in [5.41, 5.74) is 3.51. The van der Waals surface area contributed by atoms with Crippen LogP contribution in [0.2, 0.25) is 0 Å². The molecule has 0 aliphatic rings. The highest BCUT2D eigenvalue weighted by molar-refractivity contribution is 8.14. The number of thiazole rings is 1. The van der Waals surface area contributed by atoms with Crippen molar-refractivity contribution in [3.8, 4) is 0 Å². The number of unbranched alkanes of at least 4 members (excludes halogenated alkanes) is 2. The molecule has 1 aromatic carbocycles. The number of rotatable bonds is 9. The molecule has 8 heteroatoms. The van der Waals surface area contributed by atoms with E-state index in [4.69, 9.17) is 0 Å². The zero-order valence-corrected chi connectivity index (χ0v) is 15.7. The van der Waals surface area contributed by atoms with Crippen LogP contribution in [0.1, 0.15) is 32.6 Å². The number of fused-ring (bicyclic) bond motifs is 1. The first-order chi connectivity index (χ1) is 12.0. The van der Waals surface area contributed by atoms with Gasteiger partial charge in [-0.05, 0) is 31.0 Å². The van der Waals surface area contributed by atoms with Gasteiger partial charge in [-0.25, -0.2) is 4.98 Å². The van der Waals surface area contributed by atoms with Gasteiger partial charge in [-0.2, -0.15) is 0 Å². The molecule has 0 radical (unpaired) electrons. The fourth-order valence-electron chi connectivity index (χ4n) is 2.19. The van der Waals surface area contributed by atoms with Crippen LogP contribution < -0.4 is 10.6 Å². The van der Waals surface area contributed by atoms with E-state index in [0.29, 0.717) is 13.0 Å². The maximum absolute atomic E-state index is 11.9. The zero-order chi connectivity index (χ0) is 18.1. The first-order valence-electron chi connectivity index (χ1n) is 8.08. The van der Waals surface area contributed by atoms with E-state index in [0.717, 1.165) is 46.9 Å². The standard InChI is InChI=1S/C17H21N3O3S2/c1-12(21)24-10-17(23)18-8-4-2-3-5-16(22)20-13-6-7-14-15(9-13)25-11-19-14/h6-7,9,11H,2-5,8,10H2,1H3,(H,18,23)(H,20,22). The van der Waals surface area contributed by atoms with Gasteiger partial charge in [0.2, 0.25) is 11.8 Å². The Bertz CT molecular complexity index is 746. The molecule has 0 fully saturated rings. The predicted octanol–water partition coefficient (Wildman–Crippen LogP) is 3.19. The number of anilines is 1. The molecule has 2 aromatic rings. The normalized spacial score (nSPS) is 10.6. The van der Waals surface area contributed by atoms with Gasteiger partial charge in [0, 0.05) is 25.6 Å². The van der Waals surface area contributed by atoms with Gasteiger partial charge in [-0.15, -0.1) is 11.3 Å². The minimum atomic E-state index is -0.128. The zero-order valence-electron chi connectivity index (χ0n) is 14.0. The molecule has 0 saturated heterocycles. The summed E-state index contributed by atoms with van der Waals surface area (Å²) >= 11 is 2.55. The van der Waals surface area contributed by atoms with E-state index in [-0.39, 0.29) is 22.7 Å². The van der Waals surface area contributed by atoms with Gasteiger partial charge in [0.25, 0.3) is 0 Å². The van der Waals surface area contributed by atoms with Crippen LogP contribution in [0.25, 0.3) is 10.2 Å². The average Bonchev–Trinajstić information content (AvgIpc) is 3.03. The molecule has 0 spiro atoms. The second kappa shape index (κ2) is 10.1. The number of thioether (sulfide) groups is 1. The van der Waals surface area contributed by atoms with Crippen molar-refractivity contribution in [2.24, 2.45) is 0 Å². The maximum atomic E-state index is 11.9. The van der Waals surface area contributed by atoms with Crippen LogP contribution >= 0.6 is 23.1 Å². The number of benzene rings is 1. The molecule has 134 valence electrons. The third-order valence-corrected chi connectivity index (χ3v) is 5.03. The molecule has 6 nitrogen and oxygen atoms in total. The summed E-state index contributed by atoms with van der Waals surface area (Å²) in [7, 11) is 0. The van der Waals surface area contributed by atoms with Crippen molar-refractivity contribution >= 4 is 55.9 Å². The van der Waals surface area contributed by atoms with Crippen LogP contribution in [0.5, 0.6) is 0 Å². The Kier molecular flexibility index (Phi) is 7.87. The quantitative estimate of drug-likeness (QED) is 0.653. The van der Waals surface area contributed by atoms with Gasteiger partial charge >= 0.3 is 0 Å². The SMILES string of the molecule is CC(=O)SCC(=O)NCCCCCC(=O)Nc1ccc2ncsc2c1. The number of hydrogen-bond acceptors (Lipinski definition) is 6. The Balaban J connectivity index is 1.56. The molecular weight excluding hydrogens is 358 g/mol. The van der Waals surface area contributed by atoms with E-state index in [1.165, 1.54) is 6.92 Å². The molecule has 0 saturated carbocycles. The van der Waals surface area contributed by atoms with Crippen LogP contribution in [-0.2, 0) is 14.4 Å². The third-order valence-electron chi connectivity index (χ3n) is 3.42. The topological polar surface area (TPSA) is 88.2 Å². The van der Waals surface area contributed by atoms with Crippen molar-refractivity contribution in [3.05, 3.63) is 23.7 Å². The second-order valence-electron chi connectivity index (χ2n) is 5.52. The van der Waals surface area contributed by atoms with Crippen molar-refractivity contribution in [2.75, 3.05) is 17.6 Å². The van der Waals surface area contributed by atoms with Gasteiger partial charge in [-0.3, -0.25) is 14.4 Å². The number of aromatic nitrogens is 1. The van der Waals surface area contributed by atoms with Crippen LogP contribution in [0.15, 0.2) is 23.7 Å². The molecule has 1 heterocycles. The van der Waals surface area contributed by atoms with E-state index >= 15 is 0 Å². The largest absolute Gasteiger partial charge is 0.355 e. The van der Waals surface area contributed by atoms with Crippen molar-refractivity contribution in [1.29, 1.82) is 0 Å². The first kappa shape index (κ1) is 19.4. The summed E-state index contributed by atoms with van der Waals surface area (Å²) in [5.74, 6) is 0.0316. The lowest BCUT2D eigenvalue weighted by Crippen LogP contribution is -2.26. The Hall–Kier alpha value is -1.93. The molecule has 2 amide bonds. The molecule has 0 bridgehead atoms. The van der Waals surface area contributed by atoms with E-state index in [1.807, 2.05) is 18.2 Å². The van der Waals surface area contributed by atoms with Crippen molar-refractivity contribution in [3.63, 3.8) is 0 Å². The number of carbonyl (C=O) groups is 3.